The van der Waals surface area contributed by atoms with Crippen molar-refractivity contribution in [2.24, 2.45) is 0 Å². The molecule has 1 heterocycles. The van der Waals surface area contributed by atoms with Crippen LogP contribution in [0, 0.1) is 17.0 Å². The molecule has 3 aromatic rings. The Labute approximate surface area is 170 Å². The second-order valence-electron chi connectivity index (χ2n) is 5.86. The molecule has 28 heavy (non-hydrogen) atoms. The van der Waals surface area contributed by atoms with Gasteiger partial charge in [-0.05, 0) is 24.6 Å². The summed E-state index contributed by atoms with van der Waals surface area (Å²) in [6, 6.07) is 13.9. The number of benzene rings is 2. The van der Waals surface area contributed by atoms with Crippen LogP contribution in [0.4, 0.5) is 11.4 Å². The number of rotatable bonds is 7. The number of nitrogens with one attached hydrogen (secondary N) is 1. The molecule has 0 aliphatic carbocycles. The van der Waals surface area contributed by atoms with Gasteiger partial charge in [0.1, 0.15) is 11.5 Å². The van der Waals surface area contributed by atoms with Crippen molar-refractivity contribution < 1.29 is 9.72 Å². The molecule has 1 amide bonds. The SMILES string of the molecule is Cc1nnc(SCC(=O)Nc2cc(Cl)ccc2[N+](=O)[O-])n1Cc1ccccc1. The summed E-state index contributed by atoms with van der Waals surface area (Å²) in [5.74, 6) is 0.357. The Morgan fingerprint density at radius 1 is 1.25 bits per heavy atom. The van der Waals surface area contributed by atoms with Crippen molar-refractivity contribution >= 4 is 40.6 Å². The minimum absolute atomic E-state index is 0.0244. The summed E-state index contributed by atoms with van der Waals surface area (Å²) in [6.07, 6.45) is 0. The van der Waals surface area contributed by atoms with Crippen LogP contribution in [0.15, 0.2) is 53.7 Å². The lowest BCUT2D eigenvalue weighted by atomic mass is 10.2. The zero-order valence-electron chi connectivity index (χ0n) is 14.8. The van der Waals surface area contributed by atoms with Crippen LogP contribution in [0.2, 0.25) is 5.02 Å². The van der Waals surface area contributed by atoms with Gasteiger partial charge in [-0.15, -0.1) is 10.2 Å². The standard InChI is InChI=1S/C18H16ClN5O3S/c1-12-21-22-18(23(12)10-13-5-3-2-4-6-13)28-11-17(25)20-15-9-14(19)7-8-16(15)24(26)27/h2-9H,10-11H2,1H3,(H,20,25). The summed E-state index contributed by atoms with van der Waals surface area (Å²) < 4.78 is 1.91. The van der Waals surface area contributed by atoms with Crippen LogP contribution in [0.1, 0.15) is 11.4 Å². The van der Waals surface area contributed by atoms with E-state index in [0.717, 1.165) is 11.4 Å². The van der Waals surface area contributed by atoms with Crippen LogP contribution >= 0.6 is 23.4 Å². The Bertz CT molecular complexity index is 1010. The molecule has 0 bridgehead atoms. The summed E-state index contributed by atoms with van der Waals surface area (Å²) in [4.78, 5) is 22.8. The highest BCUT2D eigenvalue weighted by Crippen LogP contribution is 2.28. The van der Waals surface area contributed by atoms with Gasteiger partial charge < -0.3 is 9.88 Å². The van der Waals surface area contributed by atoms with Crippen molar-refractivity contribution in [3.05, 3.63) is 75.1 Å². The molecule has 0 saturated heterocycles. The highest BCUT2D eigenvalue weighted by molar-refractivity contribution is 7.99. The normalized spacial score (nSPS) is 10.6. The third kappa shape index (κ3) is 4.87. The van der Waals surface area contributed by atoms with Crippen LogP contribution in [-0.2, 0) is 11.3 Å². The van der Waals surface area contributed by atoms with Crippen molar-refractivity contribution in [1.82, 2.24) is 14.8 Å². The first-order chi connectivity index (χ1) is 13.4. The first-order valence-electron chi connectivity index (χ1n) is 8.24. The van der Waals surface area contributed by atoms with Crippen molar-refractivity contribution in [1.29, 1.82) is 0 Å². The van der Waals surface area contributed by atoms with Crippen molar-refractivity contribution in [3.63, 3.8) is 0 Å². The molecule has 3 rings (SSSR count). The Kier molecular flexibility index (Phi) is 6.27. The summed E-state index contributed by atoms with van der Waals surface area (Å²) >= 11 is 7.09. The molecule has 144 valence electrons. The van der Waals surface area contributed by atoms with Gasteiger partial charge in [-0.25, -0.2) is 0 Å². The fourth-order valence-electron chi connectivity index (χ4n) is 2.50. The van der Waals surface area contributed by atoms with E-state index in [4.69, 9.17) is 11.6 Å². The number of carbonyl (C=O) groups is 1. The number of nitrogens with zero attached hydrogens (tertiary/aromatic N) is 4. The number of nitro benzene ring substituents is 1. The maximum Gasteiger partial charge on any atom is 0.292 e. The van der Waals surface area contributed by atoms with Crippen LogP contribution < -0.4 is 5.32 Å². The van der Waals surface area contributed by atoms with Crippen molar-refractivity contribution in [3.8, 4) is 0 Å². The Balaban J connectivity index is 1.68. The molecular weight excluding hydrogens is 402 g/mol. The van der Waals surface area contributed by atoms with Gasteiger partial charge in [0, 0.05) is 11.1 Å². The van der Waals surface area contributed by atoms with E-state index in [0.29, 0.717) is 16.7 Å². The number of thioether (sulfide) groups is 1. The molecule has 0 radical (unpaired) electrons. The number of halogens is 1. The van der Waals surface area contributed by atoms with Crippen molar-refractivity contribution in [2.75, 3.05) is 11.1 Å². The number of nitro groups is 1. The van der Waals surface area contributed by atoms with Gasteiger partial charge in [0.05, 0.1) is 17.2 Å². The van der Waals surface area contributed by atoms with Gasteiger partial charge >= 0.3 is 0 Å². The average molecular weight is 418 g/mol. The Hall–Kier alpha value is -2.91. The first kappa shape index (κ1) is 19.8. The molecule has 1 aromatic heterocycles. The van der Waals surface area contributed by atoms with Crippen LogP contribution in [-0.4, -0.2) is 31.3 Å². The van der Waals surface area contributed by atoms with Crippen LogP contribution in [0.25, 0.3) is 0 Å². The lowest BCUT2D eigenvalue weighted by Gasteiger charge is -2.09. The average Bonchev–Trinajstić information content (AvgIpc) is 3.00. The molecule has 0 fully saturated rings. The first-order valence-corrected chi connectivity index (χ1v) is 9.60. The number of anilines is 1. The summed E-state index contributed by atoms with van der Waals surface area (Å²) in [7, 11) is 0. The minimum Gasteiger partial charge on any atom is -0.320 e. The molecule has 0 saturated carbocycles. The number of aromatic nitrogens is 3. The molecule has 0 aliphatic heterocycles. The van der Waals surface area contributed by atoms with Gasteiger partial charge in [-0.3, -0.25) is 14.9 Å². The third-order valence-electron chi connectivity index (χ3n) is 3.85. The lowest BCUT2D eigenvalue weighted by molar-refractivity contribution is -0.383. The Morgan fingerprint density at radius 2 is 2.00 bits per heavy atom. The Morgan fingerprint density at radius 3 is 2.71 bits per heavy atom. The quantitative estimate of drug-likeness (QED) is 0.355. The van der Waals surface area contributed by atoms with Crippen LogP contribution in [0.5, 0.6) is 0 Å². The molecule has 2 aromatic carbocycles. The lowest BCUT2D eigenvalue weighted by Crippen LogP contribution is -2.16. The van der Waals surface area contributed by atoms with E-state index < -0.39 is 10.8 Å². The summed E-state index contributed by atoms with van der Waals surface area (Å²) in [6.45, 7) is 2.43. The molecule has 1 N–H and O–H groups in total. The fraction of sp³-hybridized carbons (Fsp3) is 0.167. The monoisotopic (exact) mass is 417 g/mol. The molecule has 8 nitrogen and oxygen atoms in total. The fourth-order valence-corrected chi connectivity index (χ4v) is 3.46. The predicted octanol–water partition coefficient (Wildman–Crippen LogP) is 3.93. The van der Waals surface area contributed by atoms with Crippen molar-refractivity contribution in [2.45, 2.75) is 18.6 Å². The number of carbonyl (C=O) groups excluding carboxylic acids is 1. The highest BCUT2D eigenvalue weighted by Gasteiger charge is 2.17. The number of hydrogen-bond acceptors (Lipinski definition) is 6. The topological polar surface area (TPSA) is 103 Å². The molecule has 0 aliphatic rings. The third-order valence-corrected chi connectivity index (χ3v) is 5.05. The van der Waals surface area contributed by atoms with E-state index in [1.54, 1.807) is 0 Å². The van der Waals surface area contributed by atoms with Crippen LogP contribution in [0.3, 0.4) is 0 Å². The number of aryl methyl sites for hydroxylation is 1. The zero-order chi connectivity index (χ0) is 20.1. The van der Waals surface area contributed by atoms with E-state index in [2.05, 4.69) is 15.5 Å². The summed E-state index contributed by atoms with van der Waals surface area (Å²) in [5, 5.41) is 22.7. The van der Waals surface area contributed by atoms with Gasteiger partial charge in [0.15, 0.2) is 5.16 Å². The van der Waals surface area contributed by atoms with Gasteiger partial charge in [0.2, 0.25) is 5.91 Å². The molecule has 0 unspecified atom stereocenters. The van der Waals surface area contributed by atoms with E-state index >= 15 is 0 Å². The van der Waals surface area contributed by atoms with E-state index in [1.165, 1.54) is 30.0 Å². The maximum atomic E-state index is 12.3. The molecule has 0 spiro atoms. The molecular formula is C18H16ClN5O3S. The smallest absolute Gasteiger partial charge is 0.292 e. The molecule has 10 heteroatoms. The molecule has 0 atom stereocenters. The predicted molar refractivity (Wildman–Crippen MR) is 108 cm³/mol. The van der Waals surface area contributed by atoms with Gasteiger partial charge in [0.25, 0.3) is 5.69 Å². The number of hydrogen-bond donors (Lipinski definition) is 1. The summed E-state index contributed by atoms with van der Waals surface area (Å²) in [5.41, 5.74) is 0.933. The maximum absolute atomic E-state index is 12.3. The highest BCUT2D eigenvalue weighted by atomic mass is 35.5. The largest absolute Gasteiger partial charge is 0.320 e. The second-order valence-corrected chi connectivity index (χ2v) is 7.24. The minimum atomic E-state index is -0.571. The van der Waals surface area contributed by atoms with E-state index in [9.17, 15) is 14.9 Å². The van der Waals surface area contributed by atoms with E-state index in [1.807, 2.05) is 41.8 Å². The second kappa shape index (κ2) is 8.85. The van der Waals surface area contributed by atoms with E-state index in [-0.39, 0.29) is 17.1 Å². The van der Waals surface area contributed by atoms with Gasteiger partial charge in [-0.1, -0.05) is 53.7 Å². The van der Waals surface area contributed by atoms with Gasteiger partial charge in [-0.2, -0.15) is 0 Å². The zero-order valence-corrected chi connectivity index (χ0v) is 16.4. The number of amides is 1.